The lowest BCUT2D eigenvalue weighted by atomic mass is 10.1. The van der Waals surface area contributed by atoms with Gasteiger partial charge in [0.25, 0.3) is 0 Å². The van der Waals surface area contributed by atoms with Crippen molar-refractivity contribution >= 4 is 30.7 Å². The van der Waals surface area contributed by atoms with Crippen molar-refractivity contribution in [1.82, 2.24) is 15.5 Å². The number of nitrogens with one attached hydrogen (secondary N) is 2. The summed E-state index contributed by atoms with van der Waals surface area (Å²) in [4.78, 5) is 14.3. The average Bonchev–Trinajstić information content (AvgIpc) is 2.99. The molecule has 1 amide bonds. The van der Waals surface area contributed by atoms with E-state index in [0.29, 0.717) is 12.6 Å². The molecule has 1 aliphatic heterocycles. The zero-order valence-electron chi connectivity index (χ0n) is 14.2. The van der Waals surface area contributed by atoms with Gasteiger partial charge in [-0.2, -0.15) is 0 Å². The second-order valence-corrected chi connectivity index (χ2v) is 6.20. The van der Waals surface area contributed by atoms with Crippen LogP contribution in [-0.4, -0.2) is 36.5 Å². The fraction of sp³-hybridized carbons (Fsp3) is 0.588. The number of hydrogen-bond donors (Lipinski definition) is 2. The Morgan fingerprint density at radius 3 is 2.65 bits per heavy atom. The molecule has 0 radical (unpaired) electrons. The fourth-order valence-corrected chi connectivity index (χ4v) is 2.53. The van der Waals surface area contributed by atoms with E-state index in [2.05, 4.69) is 60.7 Å². The van der Waals surface area contributed by atoms with Crippen molar-refractivity contribution in [2.24, 2.45) is 0 Å². The van der Waals surface area contributed by atoms with Crippen LogP contribution in [0, 0.1) is 0 Å². The van der Waals surface area contributed by atoms with Crippen molar-refractivity contribution in [2.75, 3.05) is 13.6 Å². The minimum absolute atomic E-state index is 0. The van der Waals surface area contributed by atoms with Crippen molar-refractivity contribution in [1.29, 1.82) is 0 Å². The Bertz CT molecular complexity index is 477. The van der Waals surface area contributed by atoms with Crippen molar-refractivity contribution in [3.05, 3.63) is 35.4 Å². The lowest BCUT2D eigenvalue weighted by molar-refractivity contribution is -0.122. The average molecular weight is 362 g/mol. The summed E-state index contributed by atoms with van der Waals surface area (Å²) in [5, 5.41) is 6.25. The maximum Gasteiger partial charge on any atom is 0.237 e. The molecule has 1 saturated heterocycles. The molecule has 0 aliphatic carbocycles. The Labute approximate surface area is 152 Å². The predicted molar refractivity (Wildman–Crippen MR) is 100 cm³/mol. The molecule has 0 bridgehead atoms. The van der Waals surface area contributed by atoms with Crippen LogP contribution in [0.4, 0.5) is 0 Å². The van der Waals surface area contributed by atoms with E-state index in [0.717, 1.165) is 31.5 Å². The van der Waals surface area contributed by atoms with Gasteiger partial charge in [-0.05, 0) is 51.4 Å². The van der Waals surface area contributed by atoms with E-state index < -0.39 is 0 Å². The molecular weight excluding hydrogens is 333 g/mol. The molecule has 1 atom stereocenters. The molecule has 23 heavy (non-hydrogen) atoms. The Morgan fingerprint density at radius 1 is 1.35 bits per heavy atom. The van der Waals surface area contributed by atoms with Gasteiger partial charge >= 0.3 is 0 Å². The van der Waals surface area contributed by atoms with Crippen molar-refractivity contribution in [2.45, 2.75) is 51.9 Å². The normalized spacial score (nSPS) is 16.8. The highest BCUT2D eigenvalue weighted by Gasteiger charge is 2.21. The Balaban J connectivity index is 0.00000242. The Morgan fingerprint density at radius 2 is 2.04 bits per heavy atom. The van der Waals surface area contributed by atoms with E-state index in [9.17, 15) is 4.79 Å². The highest BCUT2D eigenvalue weighted by atomic mass is 35.5. The SMILES string of the molecule is CC(C)N(C)Cc1cccc(CNC(=O)[C@@H]2CCCN2)c1.Cl.Cl. The van der Waals surface area contributed by atoms with E-state index >= 15 is 0 Å². The van der Waals surface area contributed by atoms with Crippen LogP contribution in [0.15, 0.2) is 24.3 Å². The number of halogens is 2. The Hall–Kier alpha value is -0.810. The minimum Gasteiger partial charge on any atom is -0.351 e. The van der Waals surface area contributed by atoms with Crippen molar-refractivity contribution in [3.8, 4) is 0 Å². The molecule has 1 heterocycles. The molecule has 6 heteroatoms. The number of carbonyl (C=O) groups is 1. The zero-order valence-corrected chi connectivity index (χ0v) is 15.8. The van der Waals surface area contributed by atoms with Crippen LogP contribution in [0.5, 0.6) is 0 Å². The molecule has 2 N–H and O–H groups in total. The van der Waals surface area contributed by atoms with Gasteiger partial charge in [0, 0.05) is 19.1 Å². The predicted octanol–water partition coefficient (Wildman–Crippen LogP) is 2.74. The molecule has 0 saturated carbocycles. The molecule has 1 fully saturated rings. The van der Waals surface area contributed by atoms with Gasteiger partial charge in [-0.3, -0.25) is 9.69 Å². The standard InChI is InChI=1S/C17H27N3O.2ClH/c1-13(2)20(3)12-15-7-4-6-14(10-15)11-19-17(21)16-8-5-9-18-16;;/h4,6-7,10,13,16,18H,5,8-9,11-12H2,1-3H3,(H,19,21);2*1H/t16-;;/m0../s1. The van der Waals surface area contributed by atoms with Crippen LogP contribution in [0.3, 0.4) is 0 Å². The van der Waals surface area contributed by atoms with Gasteiger partial charge in [0.05, 0.1) is 6.04 Å². The van der Waals surface area contributed by atoms with Gasteiger partial charge in [0.2, 0.25) is 5.91 Å². The van der Waals surface area contributed by atoms with Gasteiger partial charge in [0.15, 0.2) is 0 Å². The van der Waals surface area contributed by atoms with E-state index in [1.807, 2.05) is 0 Å². The second-order valence-electron chi connectivity index (χ2n) is 6.20. The zero-order chi connectivity index (χ0) is 15.2. The van der Waals surface area contributed by atoms with Crippen LogP contribution in [0.25, 0.3) is 0 Å². The molecule has 1 aromatic rings. The molecular formula is C17H29Cl2N3O. The third-order valence-corrected chi connectivity index (χ3v) is 4.15. The fourth-order valence-electron chi connectivity index (χ4n) is 2.53. The third-order valence-electron chi connectivity index (χ3n) is 4.15. The summed E-state index contributed by atoms with van der Waals surface area (Å²) < 4.78 is 0. The largest absolute Gasteiger partial charge is 0.351 e. The first-order valence-corrected chi connectivity index (χ1v) is 7.85. The first-order valence-electron chi connectivity index (χ1n) is 7.85. The molecule has 0 aromatic heterocycles. The second kappa shape index (κ2) is 10.9. The van der Waals surface area contributed by atoms with Crippen LogP contribution >= 0.6 is 24.8 Å². The van der Waals surface area contributed by atoms with Crippen molar-refractivity contribution < 1.29 is 4.79 Å². The summed E-state index contributed by atoms with van der Waals surface area (Å²) in [7, 11) is 2.13. The smallest absolute Gasteiger partial charge is 0.237 e. The van der Waals surface area contributed by atoms with Gasteiger partial charge in [-0.1, -0.05) is 24.3 Å². The van der Waals surface area contributed by atoms with Crippen LogP contribution in [0.2, 0.25) is 0 Å². The van der Waals surface area contributed by atoms with Gasteiger partial charge < -0.3 is 10.6 Å². The van der Waals surface area contributed by atoms with Crippen molar-refractivity contribution in [3.63, 3.8) is 0 Å². The number of benzene rings is 1. The lowest BCUT2D eigenvalue weighted by Gasteiger charge is -2.21. The first-order chi connectivity index (χ1) is 10.1. The summed E-state index contributed by atoms with van der Waals surface area (Å²) in [6.45, 7) is 6.88. The van der Waals surface area contributed by atoms with Gasteiger partial charge in [-0.15, -0.1) is 24.8 Å². The molecule has 1 aromatic carbocycles. The van der Waals surface area contributed by atoms with Gasteiger partial charge in [-0.25, -0.2) is 0 Å². The topological polar surface area (TPSA) is 44.4 Å². The molecule has 132 valence electrons. The lowest BCUT2D eigenvalue weighted by Crippen LogP contribution is -2.40. The Kier molecular flexibility index (Phi) is 10.5. The first kappa shape index (κ1) is 22.2. The molecule has 4 nitrogen and oxygen atoms in total. The summed E-state index contributed by atoms with van der Waals surface area (Å²) in [5.74, 6) is 0.122. The number of amides is 1. The number of rotatable bonds is 6. The summed E-state index contributed by atoms with van der Waals surface area (Å²) in [5.41, 5.74) is 2.45. The molecule has 0 spiro atoms. The molecule has 1 aliphatic rings. The van der Waals surface area contributed by atoms with Crippen LogP contribution in [-0.2, 0) is 17.9 Å². The van der Waals surface area contributed by atoms with Gasteiger partial charge in [0.1, 0.15) is 0 Å². The maximum absolute atomic E-state index is 12.0. The minimum atomic E-state index is 0. The number of carbonyl (C=O) groups excluding carboxylic acids is 1. The number of nitrogens with zero attached hydrogens (tertiary/aromatic N) is 1. The highest BCUT2D eigenvalue weighted by molar-refractivity contribution is 5.85. The van der Waals surface area contributed by atoms with Crippen LogP contribution in [0.1, 0.15) is 37.8 Å². The van der Waals surface area contributed by atoms with E-state index in [1.54, 1.807) is 0 Å². The van der Waals surface area contributed by atoms with E-state index in [1.165, 1.54) is 5.56 Å². The summed E-state index contributed by atoms with van der Waals surface area (Å²) in [6.07, 6.45) is 2.04. The maximum atomic E-state index is 12.0. The monoisotopic (exact) mass is 361 g/mol. The highest BCUT2D eigenvalue weighted by Crippen LogP contribution is 2.10. The van der Waals surface area contributed by atoms with E-state index in [4.69, 9.17) is 0 Å². The quantitative estimate of drug-likeness (QED) is 0.818. The molecule has 0 unspecified atom stereocenters. The number of hydrogen-bond acceptors (Lipinski definition) is 3. The third kappa shape index (κ3) is 7.08. The summed E-state index contributed by atoms with van der Waals surface area (Å²) >= 11 is 0. The van der Waals surface area contributed by atoms with E-state index in [-0.39, 0.29) is 36.8 Å². The molecule has 2 rings (SSSR count). The van der Waals surface area contributed by atoms with Crippen LogP contribution < -0.4 is 10.6 Å². The summed E-state index contributed by atoms with van der Waals surface area (Å²) in [6, 6.07) is 8.99.